The van der Waals surface area contributed by atoms with Crippen LogP contribution in [-0.4, -0.2) is 42.8 Å². The lowest BCUT2D eigenvalue weighted by Crippen LogP contribution is -2.47. The van der Waals surface area contributed by atoms with Crippen molar-refractivity contribution in [2.24, 2.45) is 0 Å². The van der Waals surface area contributed by atoms with Gasteiger partial charge in [0.1, 0.15) is 6.04 Å². The number of ether oxygens (including phenoxy) is 2. The molecule has 0 radical (unpaired) electrons. The van der Waals surface area contributed by atoms with Crippen molar-refractivity contribution in [2.75, 3.05) is 20.8 Å². The maximum absolute atomic E-state index is 13.8. The van der Waals surface area contributed by atoms with Crippen LogP contribution < -0.4 is 9.47 Å². The minimum atomic E-state index is -4.57. The first-order valence-corrected chi connectivity index (χ1v) is 9.64. The molecule has 3 rings (SSSR count). The Morgan fingerprint density at radius 3 is 2.43 bits per heavy atom. The number of methoxy groups -OCH3 is 2. The normalized spacial score (nSPS) is 18.6. The van der Waals surface area contributed by atoms with Crippen molar-refractivity contribution in [3.63, 3.8) is 0 Å². The standard InChI is InChI=1S/C22H24F3NO4/c1-29-18-11-10-14(13-19(18)30-2)20(26-12-6-5-9-17(26)21(27)28)15-7-3-4-8-16(15)22(23,24)25/h3-4,7-8,10-11,13,17,20H,5-6,9,12H2,1-2H3,(H,27,28). The van der Waals surface area contributed by atoms with Crippen LogP contribution >= 0.6 is 0 Å². The van der Waals surface area contributed by atoms with E-state index >= 15 is 0 Å². The van der Waals surface area contributed by atoms with E-state index in [9.17, 15) is 23.1 Å². The first kappa shape index (κ1) is 22.0. The molecule has 1 aliphatic heterocycles. The van der Waals surface area contributed by atoms with E-state index in [4.69, 9.17) is 9.47 Å². The second-order valence-electron chi connectivity index (χ2n) is 7.19. The lowest BCUT2D eigenvalue weighted by atomic mass is 9.89. The molecule has 8 heteroatoms. The zero-order valence-electron chi connectivity index (χ0n) is 16.8. The predicted octanol–water partition coefficient (Wildman–Crippen LogP) is 4.75. The van der Waals surface area contributed by atoms with Gasteiger partial charge in [-0.05, 0) is 48.7 Å². The summed E-state index contributed by atoms with van der Waals surface area (Å²) in [5.74, 6) is -0.226. The molecule has 1 aliphatic rings. The van der Waals surface area contributed by atoms with E-state index in [1.807, 2.05) is 0 Å². The molecule has 1 saturated heterocycles. The molecule has 1 fully saturated rings. The third-order valence-corrected chi connectivity index (χ3v) is 5.45. The molecular formula is C22H24F3NO4. The Bertz CT molecular complexity index is 900. The van der Waals surface area contributed by atoms with Crippen molar-refractivity contribution in [1.29, 1.82) is 0 Å². The van der Waals surface area contributed by atoms with Gasteiger partial charge in [0.15, 0.2) is 11.5 Å². The summed E-state index contributed by atoms with van der Waals surface area (Å²) >= 11 is 0. The first-order valence-electron chi connectivity index (χ1n) is 9.64. The molecule has 5 nitrogen and oxygen atoms in total. The quantitative estimate of drug-likeness (QED) is 0.727. The SMILES string of the molecule is COc1ccc(C(c2ccccc2C(F)(F)F)N2CCCCC2C(=O)O)cc1OC. The smallest absolute Gasteiger partial charge is 0.416 e. The van der Waals surface area contributed by atoms with Gasteiger partial charge in [-0.15, -0.1) is 0 Å². The van der Waals surface area contributed by atoms with Crippen molar-refractivity contribution in [3.05, 3.63) is 59.2 Å². The molecule has 2 aromatic carbocycles. The Morgan fingerprint density at radius 1 is 1.10 bits per heavy atom. The monoisotopic (exact) mass is 423 g/mol. The van der Waals surface area contributed by atoms with Crippen LogP contribution in [0.1, 0.15) is 42.0 Å². The van der Waals surface area contributed by atoms with Gasteiger partial charge >= 0.3 is 12.1 Å². The van der Waals surface area contributed by atoms with E-state index < -0.39 is 29.8 Å². The van der Waals surface area contributed by atoms with Gasteiger partial charge in [-0.25, -0.2) is 0 Å². The molecule has 0 aromatic heterocycles. The van der Waals surface area contributed by atoms with Crippen LogP contribution in [0.2, 0.25) is 0 Å². The Kier molecular flexibility index (Phi) is 6.55. The average Bonchev–Trinajstić information content (AvgIpc) is 2.73. The second kappa shape index (κ2) is 8.95. The highest BCUT2D eigenvalue weighted by Crippen LogP contribution is 2.42. The van der Waals surface area contributed by atoms with Crippen LogP contribution in [-0.2, 0) is 11.0 Å². The molecule has 1 heterocycles. The third kappa shape index (κ3) is 4.38. The molecule has 2 aromatic rings. The van der Waals surface area contributed by atoms with Crippen LogP contribution in [0.5, 0.6) is 11.5 Å². The number of hydrogen-bond donors (Lipinski definition) is 1. The highest BCUT2D eigenvalue weighted by atomic mass is 19.4. The summed E-state index contributed by atoms with van der Waals surface area (Å²) < 4.78 is 52.1. The van der Waals surface area contributed by atoms with Crippen LogP contribution in [0, 0.1) is 0 Å². The van der Waals surface area contributed by atoms with E-state index in [1.54, 1.807) is 23.1 Å². The topological polar surface area (TPSA) is 59.0 Å². The summed E-state index contributed by atoms with van der Waals surface area (Å²) in [6, 6.07) is 8.44. The number of carbonyl (C=O) groups is 1. The maximum atomic E-state index is 13.8. The zero-order chi connectivity index (χ0) is 21.9. The van der Waals surface area contributed by atoms with Crippen molar-refractivity contribution in [2.45, 2.75) is 37.5 Å². The number of carboxylic acid groups (broad SMARTS) is 1. The average molecular weight is 423 g/mol. The number of alkyl halides is 3. The predicted molar refractivity (Wildman–Crippen MR) is 105 cm³/mol. The van der Waals surface area contributed by atoms with E-state index in [0.29, 0.717) is 42.9 Å². The molecular weight excluding hydrogens is 399 g/mol. The zero-order valence-corrected chi connectivity index (χ0v) is 16.8. The van der Waals surface area contributed by atoms with Crippen molar-refractivity contribution in [3.8, 4) is 11.5 Å². The highest BCUT2D eigenvalue weighted by molar-refractivity contribution is 5.73. The van der Waals surface area contributed by atoms with Gasteiger partial charge in [-0.3, -0.25) is 9.69 Å². The lowest BCUT2D eigenvalue weighted by Gasteiger charge is -2.40. The third-order valence-electron chi connectivity index (χ3n) is 5.45. The fraction of sp³-hybridized carbons (Fsp3) is 0.409. The number of halogens is 3. The van der Waals surface area contributed by atoms with E-state index in [1.165, 1.54) is 32.4 Å². The molecule has 2 unspecified atom stereocenters. The summed E-state index contributed by atoms with van der Waals surface area (Å²) in [7, 11) is 2.92. The van der Waals surface area contributed by atoms with Crippen LogP contribution in [0.25, 0.3) is 0 Å². The number of carboxylic acids is 1. The largest absolute Gasteiger partial charge is 0.493 e. The number of hydrogen-bond acceptors (Lipinski definition) is 4. The lowest BCUT2D eigenvalue weighted by molar-refractivity contribution is -0.145. The minimum absolute atomic E-state index is 0.0189. The molecule has 1 N–H and O–H groups in total. The van der Waals surface area contributed by atoms with Crippen LogP contribution in [0.15, 0.2) is 42.5 Å². The molecule has 30 heavy (non-hydrogen) atoms. The summed E-state index contributed by atoms with van der Waals surface area (Å²) in [5, 5.41) is 9.75. The maximum Gasteiger partial charge on any atom is 0.416 e. The van der Waals surface area contributed by atoms with Gasteiger partial charge in [-0.2, -0.15) is 13.2 Å². The molecule has 0 spiro atoms. The van der Waals surface area contributed by atoms with Gasteiger partial charge in [0, 0.05) is 0 Å². The fourth-order valence-corrected chi connectivity index (χ4v) is 4.09. The Morgan fingerprint density at radius 2 is 1.80 bits per heavy atom. The number of piperidine rings is 1. The van der Waals surface area contributed by atoms with Crippen molar-refractivity contribution >= 4 is 5.97 Å². The van der Waals surface area contributed by atoms with Gasteiger partial charge in [0.25, 0.3) is 0 Å². The molecule has 0 saturated carbocycles. The van der Waals surface area contributed by atoms with Gasteiger partial charge < -0.3 is 14.6 Å². The highest BCUT2D eigenvalue weighted by Gasteiger charge is 2.40. The molecule has 0 aliphatic carbocycles. The Labute approximate surface area is 173 Å². The minimum Gasteiger partial charge on any atom is -0.493 e. The number of nitrogens with zero attached hydrogens (tertiary/aromatic N) is 1. The first-order chi connectivity index (χ1) is 14.3. The van der Waals surface area contributed by atoms with Gasteiger partial charge in [0.05, 0.1) is 25.8 Å². The summed E-state index contributed by atoms with van der Waals surface area (Å²) in [5.41, 5.74) is -0.248. The van der Waals surface area contributed by atoms with E-state index in [0.717, 1.165) is 6.07 Å². The number of benzene rings is 2. The molecule has 0 amide bonds. The van der Waals surface area contributed by atoms with Crippen molar-refractivity contribution < 1.29 is 32.5 Å². The van der Waals surface area contributed by atoms with Gasteiger partial charge in [0.2, 0.25) is 0 Å². The van der Waals surface area contributed by atoms with E-state index in [-0.39, 0.29) is 5.56 Å². The number of rotatable bonds is 6. The van der Waals surface area contributed by atoms with Crippen LogP contribution in [0.4, 0.5) is 13.2 Å². The van der Waals surface area contributed by atoms with E-state index in [2.05, 4.69) is 0 Å². The molecule has 2 atom stereocenters. The summed E-state index contributed by atoms with van der Waals surface area (Å²) in [6.07, 6.45) is -2.76. The number of aliphatic carboxylic acids is 1. The Balaban J connectivity index is 2.22. The fourth-order valence-electron chi connectivity index (χ4n) is 4.09. The second-order valence-corrected chi connectivity index (χ2v) is 7.19. The summed E-state index contributed by atoms with van der Waals surface area (Å²) in [6.45, 7) is 0.377. The van der Waals surface area contributed by atoms with Crippen LogP contribution in [0.3, 0.4) is 0 Å². The Hall–Kier alpha value is -2.74. The van der Waals surface area contributed by atoms with Crippen molar-refractivity contribution in [1.82, 2.24) is 4.90 Å². The van der Waals surface area contributed by atoms with Gasteiger partial charge in [-0.1, -0.05) is 30.7 Å². The number of likely N-dealkylation sites (tertiary alicyclic amines) is 1. The molecule has 162 valence electrons. The molecule has 0 bridgehead atoms. The summed E-state index contributed by atoms with van der Waals surface area (Å²) in [4.78, 5) is 13.6.